The molecule has 0 atom stereocenters. The van der Waals surface area contributed by atoms with Crippen LogP contribution in [0.3, 0.4) is 0 Å². The van der Waals surface area contributed by atoms with Gasteiger partial charge in [-0.05, 0) is 38.1 Å². The highest BCUT2D eigenvalue weighted by Crippen LogP contribution is 2.29. The number of nitrogens with two attached hydrogens (primary N) is 1. The van der Waals surface area contributed by atoms with Crippen LogP contribution < -0.4 is 10.5 Å². The molecule has 0 spiro atoms. The first kappa shape index (κ1) is 13.5. The third kappa shape index (κ3) is 2.90. The molecule has 0 amide bonds. The van der Waals surface area contributed by atoms with Crippen molar-refractivity contribution in [3.63, 3.8) is 0 Å². The van der Waals surface area contributed by atoms with Crippen molar-refractivity contribution in [3.8, 4) is 5.75 Å². The molecule has 0 saturated carbocycles. The van der Waals surface area contributed by atoms with Crippen molar-refractivity contribution >= 4 is 0 Å². The summed E-state index contributed by atoms with van der Waals surface area (Å²) in [6.45, 7) is 3.88. The van der Waals surface area contributed by atoms with Crippen molar-refractivity contribution in [2.45, 2.75) is 26.0 Å². The summed E-state index contributed by atoms with van der Waals surface area (Å²) < 4.78 is 19.6. The number of nitrogens with zero attached hydrogens (tertiary/aromatic N) is 1. The van der Waals surface area contributed by atoms with Gasteiger partial charge in [0.05, 0.1) is 5.69 Å². The molecular weight excluding hydrogens is 243 g/mol. The van der Waals surface area contributed by atoms with Crippen LogP contribution in [0.1, 0.15) is 25.1 Å². The lowest BCUT2D eigenvalue weighted by atomic mass is 10.0. The zero-order valence-electron chi connectivity index (χ0n) is 11.1. The highest BCUT2D eigenvalue weighted by atomic mass is 19.1. The second kappa shape index (κ2) is 5.36. The number of hydrogen-bond donors (Lipinski definition) is 1. The van der Waals surface area contributed by atoms with Crippen molar-refractivity contribution in [2.24, 2.45) is 5.73 Å². The van der Waals surface area contributed by atoms with Crippen molar-refractivity contribution in [1.29, 1.82) is 0 Å². The number of pyridine rings is 1. The maximum Gasteiger partial charge on any atom is 0.145 e. The van der Waals surface area contributed by atoms with E-state index in [1.165, 1.54) is 6.07 Å². The Kier molecular flexibility index (Phi) is 3.81. The number of hydrogen-bond acceptors (Lipinski definition) is 3. The monoisotopic (exact) mass is 260 g/mol. The molecule has 3 nitrogen and oxygen atoms in total. The van der Waals surface area contributed by atoms with Gasteiger partial charge in [-0.15, -0.1) is 0 Å². The summed E-state index contributed by atoms with van der Waals surface area (Å²) in [5.74, 6) is 0.106. The molecule has 4 heteroatoms. The average molecular weight is 260 g/mol. The Hall–Kier alpha value is -1.94. The standard InChI is InChI=1S/C15H17FN2O/c1-15(2,14-8-3-4-9-18-14)19-13-7-5-6-12(16)11(13)10-17/h3-9H,10,17H2,1-2H3. The van der Waals surface area contributed by atoms with Crippen LogP contribution in [0.4, 0.5) is 4.39 Å². The third-order valence-electron chi connectivity index (χ3n) is 2.93. The first-order chi connectivity index (χ1) is 9.04. The van der Waals surface area contributed by atoms with Crippen LogP contribution in [-0.4, -0.2) is 4.98 Å². The molecule has 0 aliphatic heterocycles. The van der Waals surface area contributed by atoms with E-state index >= 15 is 0 Å². The van der Waals surface area contributed by atoms with Gasteiger partial charge in [0.25, 0.3) is 0 Å². The minimum atomic E-state index is -0.654. The molecule has 2 N–H and O–H groups in total. The van der Waals surface area contributed by atoms with Crippen molar-refractivity contribution in [1.82, 2.24) is 4.98 Å². The van der Waals surface area contributed by atoms with Crippen LogP contribution in [0.15, 0.2) is 42.6 Å². The van der Waals surface area contributed by atoms with E-state index < -0.39 is 5.60 Å². The lowest BCUT2D eigenvalue weighted by Gasteiger charge is -2.27. The Bertz CT molecular complexity index is 555. The van der Waals surface area contributed by atoms with E-state index in [1.807, 2.05) is 32.0 Å². The van der Waals surface area contributed by atoms with Crippen molar-refractivity contribution in [3.05, 3.63) is 59.7 Å². The van der Waals surface area contributed by atoms with Gasteiger partial charge in [0, 0.05) is 18.3 Å². The van der Waals surface area contributed by atoms with E-state index in [4.69, 9.17) is 10.5 Å². The van der Waals surface area contributed by atoms with Gasteiger partial charge in [0.2, 0.25) is 0 Å². The summed E-state index contributed by atoms with van der Waals surface area (Å²) >= 11 is 0. The van der Waals surface area contributed by atoms with Gasteiger partial charge < -0.3 is 10.5 Å². The topological polar surface area (TPSA) is 48.1 Å². The second-order valence-corrected chi connectivity index (χ2v) is 4.75. The molecule has 2 rings (SSSR count). The number of aromatic nitrogens is 1. The van der Waals surface area contributed by atoms with Crippen LogP contribution in [0.25, 0.3) is 0 Å². The summed E-state index contributed by atoms with van der Waals surface area (Å²) in [5, 5.41) is 0. The van der Waals surface area contributed by atoms with Gasteiger partial charge in [-0.1, -0.05) is 12.1 Å². The van der Waals surface area contributed by atoms with Crippen LogP contribution in [0.2, 0.25) is 0 Å². The SMILES string of the molecule is CC(C)(Oc1cccc(F)c1CN)c1ccccn1. The number of ether oxygens (including phenoxy) is 1. The van der Waals surface area contributed by atoms with Gasteiger partial charge in [0.1, 0.15) is 17.2 Å². The summed E-state index contributed by atoms with van der Waals surface area (Å²) in [6, 6.07) is 10.3. The summed E-state index contributed by atoms with van der Waals surface area (Å²) in [4.78, 5) is 4.27. The Labute approximate surface area is 112 Å². The Morgan fingerprint density at radius 3 is 2.63 bits per heavy atom. The fourth-order valence-corrected chi connectivity index (χ4v) is 1.88. The second-order valence-electron chi connectivity index (χ2n) is 4.75. The maximum atomic E-state index is 13.7. The molecule has 0 bridgehead atoms. The van der Waals surface area contributed by atoms with Crippen LogP contribution >= 0.6 is 0 Å². The first-order valence-corrected chi connectivity index (χ1v) is 6.12. The molecule has 100 valence electrons. The molecule has 0 radical (unpaired) electrons. The average Bonchev–Trinajstić information content (AvgIpc) is 2.40. The summed E-state index contributed by atoms with van der Waals surface area (Å²) in [5.41, 5.74) is 6.08. The van der Waals surface area contributed by atoms with Gasteiger partial charge >= 0.3 is 0 Å². The molecule has 19 heavy (non-hydrogen) atoms. The van der Waals surface area contributed by atoms with Crippen LogP contribution in [-0.2, 0) is 12.1 Å². The predicted molar refractivity (Wildman–Crippen MR) is 72.2 cm³/mol. The molecule has 1 aromatic heterocycles. The minimum Gasteiger partial charge on any atom is -0.481 e. The van der Waals surface area contributed by atoms with Gasteiger partial charge in [-0.3, -0.25) is 4.98 Å². The van der Waals surface area contributed by atoms with Gasteiger partial charge in [-0.25, -0.2) is 4.39 Å². The molecule has 0 saturated heterocycles. The van der Waals surface area contributed by atoms with Crippen molar-refractivity contribution < 1.29 is 9.13 Å². The smallest absolute Gasteiger partial charge is 0.145 e. The molecule has 0 unspecified atom stereocenters. The van der Waals surface area contributed by atoms with E-state index in [2.05, 4.69) is 4.98 Å². The maximum absolute atomic E-state index is 13.7. The third-order valence-corrected chi connectivity index (χ3v) is 2.93. The summed E-state index contributed by atoms with van der Waals surface area (Å²) in [7, 11) is 0. The first-order valence-electron chi connectivity index (χ1n) is 6.12. The Morgan fingerprint density at radius 1 is 1.21 bits per heavy atom. The highest BCUT2D eigenvalue weighted by Gasteiger charge is 2.25. The van der Waals surface area contributed by atoms with Crippen LogP contribution in [0.5, 0.6) is 5.75 Å². The fourth-order valence-electron chi connectivity index (χ4n) is 1.88. The van der Waals surface area contributed by atoms with E-state index in [9.17, 15) is 4.39 Å². The Morgan fingerprint density at radius 2 is 2.00 bits per heavy atom. The largest absolute Gasteiger partial charge is 0.481 e. The quantitative estimate of drug-likeness (QED) is 0.919. The molecule has 2 aromatic rings. The van der Waals surface area contributed by atoms with Crippen LogP contribution in [0, 0.1) is 5.82 Å². The highest BCUT2D eigenvalue weighted by molar-refractivity contribution is 5.35. The number of benzene rings is 1. The zero-order chi connectivity index (χ0) is 13.9. The Balaban J connectivity index is 2.33. The van der Waals surface area contributed by atoms with E-state index in [0.29, 0.717) is 11.3 Å². The summed E-state index contributed by atoms with van der Waals surface area (Å²) in [6.07, 6.45) is 1.70. The number of rotatable bonds is 4. The zero-order valence-corrected chi connectivity index (χ0v) is 11.1. The van der Waals surface area contributed by atoms with E-state index in [-0.39, 0.29) is 12.4 Å². The van der Waals surface area contributed by atoms with Crippen molar-refractivity contribution in [2.75, 3.05) is 0 Å². The number of halogens is 1. The van der Waals surface area contributed by atoms with E-state index in [0.717, 1.165) is 5.69 Å². The lowest BCUT2D eigenvalue weighted by molar-refractivity contribution is 0.102. The normalized spacial score (nSPS) is 11.4. The molecule has 0 aliphatic carbocycles. The minimum absolute atomic E-state index is 0.0975. The molecule has 0 fully saturated rings. The molecular formula is C15H17FN2O. The van der Waals surface area contributed by atoms with Gasteiger partial charge in [-0.2, -0.15) is 0 Å². The van der Waals surface area contributed by atoms with E-state index in [1.54, 1.807) is 18.3 Å². The fraction of sp³-hybridized carbons (Fsp3) is 0.267. The lowest BCUT2D eigenvalue weighted by Crippen LogP contribution is -2.27. The molecule has 1 heterocycles. The predicted octanol–water partition coefficient (Wildman–Crippen LogP) is 2.99. The van der Waals surface area contributed by atoms with Gasteiger partial charge in [0.15, 0.2) is 0 Å². The molecule has 0 aliphatic rings. The molecule has 1 aromatic carbocycles.